The van der Waals surface area contributed by atoms with E-state index in [1.807, 2.05) is 4.90 Å². The lowest BCUT2D eigenvalue weighted by atomic mass is 9.94. The van der Waals surface area contributed by atoms with Crippen LogP contribution in [0.1, 0.15) is 58.8 Å². The lowest BCUT2D eigenvalue weighted by molar-refractivity contribution is -0.129. The summed E-state index contributed by atoms with van der Waals surface area (Å²) >= 11 is 0. The molecule has 1 aliphatic heterocycles. The number of carbonyl (C=O) groups is 1. The summed E-state index contributed by atoms with van der Waals surface area (Å²) in [6.45, 7) is 5.96. The molecule has 18 heavy (non-hydrogen) atoms. The minimum Gasteiger partial charge on any atom is -0.343 e. The summed E-state index contributed by atoms with van der Waals surface area (Å²) in [6.07, 6.45) is 9.17. The molecule has 1 saturated carbocycles. The highest BCUT2D eigenvalue weighted by molar-refractivity contribution is 5.73. The topological polar surface area (TPSA) is 32.3 Å². The molecule has 3 heteroatoms. The second-order valence-corrected chi connectivity index (χ2v) is 6.17. The molecule has 0 spiro atoms. The normalized spacial score (nSPS) is 31.1. The van der Waals surface area contributed by atoms with E-state index in [1.54, 1.807) is 6.92 Å². The maximum Gasteiger partial charge on any atom is 0.219 e. The van der Waals surface area contributed by atoms with Crippen molar-refractivity contribution in [1.29, 1.82) is 0 Å². The van der Waals surface area contributed by atoms with Crippen LogP contribution in [0.3, 0.4) is 0 Å². The number of carbonyl (C=O) groups excluding carboxylic acids is 1. The van der Waals surface area contributed by atoms with Crippen molar-refractivity contribution >= 4 is 5.91 Å². The van der Waals surface area contributed by atoms with Gasteiger partial charge in [0.25, 0.3) is 0 Å². The fraction of sp³-hybridized carbons (Fsp3) is 0.933. The third-order valence-corrected chi connectivity index (χ3v) is 4.75. The Hall–Kier alpha value is -0.570. The fourth-order valence-electron chi connectivity index (χ4n) is 3.40. The van der Waals surface area contributed by atoms with Gasteiger partial charge in [0.15, 0.2) is 0 Å². The van der Waals surface area contributed by atoms with Crippen molar-refractivity contribution in [3.05, 3.63) is 0 Å². The number of hydrogen-bond donors (Lipinski definition) is 1. The predicted octanol–water partition coefficient (Wildman–Crippen LogP) is 2.56. The second kappa shape index (κ2) is 6.55. The molecule has 0 aromatic carbocycles. The van der Waals surface area contributed by atoms with Gasteiger partial charge in [-0.3, -0.25) is 4.79 Å². The molecule has 2 rings (SSSR count). The number of hydrogen-bond acceptors (Lipinski definition) is 2. The predicted molar refractivity (Wildman–Crippen MR) is 74.4 cm³/mol. The Morgan fingerprint density at radius 2 is 1.72 bits per heavy atom. The zero-order chi connectivity index (χ0) is 13.0. The minimum absolute atomic E-state index is 0.233. The van der Waals surface area contributed by atoms with Crippen molar-refractivity contribution in [3.8, 4) is 0 Å². The summed E-state index contributed by atoms with van der Waals surface area (Å²) < 4.78 is 0. The van der Waals surface area contributed by atoms with Gasteiger partial charge in [-0.05, 0) is 31.6 Å². The molecule has 2 fully saturated rings. The van der Waals surface area contributed by atoms with E-state index >= 15 is 0 Å². The van der Waals surface area contributed by atoms with Crippen molar-refractivity contribution in [1.82, 2.24) is 10.2 Å². The van der Waals surface area contributed by atoms with E-state index in [9.17, 15) is 4.79 Å². The molecule has 2 atom stereocenters. The number of rotatable bonds is 2. The maximum absolute atomic E-state index is 11.3. The van der Waals surface area contributed by atoms with Crippen LogP contribution < -0.4 is 5.32 Å². The highest BCUT2D eigenvalue weighted by Gasteiger charge is 2.26. The van der Waals surface area contributed by atoms with E-state index in [0.717, 1.165) is 31.8 Å². The molecule has 104 valence electrons. The Kier molecular flexibility index (Phi) is 5.04. The summed E-state index contributed by atoms with van der Waals surface area (Å²) in [4.78, 5) is 13.3. The van der Waals surface area contributed by atoms with E-state index in [-0.39, 0.29) is 5.91 Å². The molecule has 0 aromatic rings. The Labute approximate surface area is 111 Å². The Bertz CT molecular complexity index is 272. The Balaban J connectivity index is 1.78. The average Bonchev–Trinajstić information content (AvgIpc) is 2.56. The third-order valence-electron chi connectivity index (χ3n) is 4.75. The van der Waals surface area contributed by atoms with Gasteiger partial charge in [0.1, 0.15) is 0 Å². The second-order valence-electron chi connectivity index (χ2n) is 6.17. The lowest BCUT2D eigenvalue weighted by Gasteiger charge is -2.35. The van der Waals surface area contributed by atoms with Crippen LogP contribution in [0.15, 0.2) is 0 Å². The highest BCUT2D eigenvalue weighted by Crippen LogP contribution is 2.24. The molecule has 2 aliphatic rings. The average molecular weight is 252 g/mol. The van der Waals surface area contributed by atoms with Gasteiger partial charge in [-0.1, -0.05) is 26.2 Å². The first-order valence-corrected chi connectivity index (χ1v) is 7.68. The first kappa shape index (κ1) is 13.9. The molecule has 1 saturated heterocycles. The molecule has 1 amide bonds. The van der Waals surface area contributed by atoms with Crippen LogP contribution in [0.2, 0.25) is 0 Å². The van der Waals surface area contributed by atoms with Gasteiger partial charge in [-0.2, -0.15) is 0 Å². The van der Waals surface area contributed by atoms with Crippen molar-refractivity contribution < 1.29 is 4.79 Å². The van der Waals surface area contributed by atoms with Crippen LogP contribution in [-0.4, -0.2) is 36.0 Å². The van der Waals surface area contributed by atoms with E-state index in [2.05, 4.69) is 12.2 Å². The van der Waals surface area contributed by atoms with Crippen LogP contribution in [0, 0.1) is 5.92 Å². The zero-order valence-corrected chi connectivity index (χ0v) is 12.0. The van der Waals surface area contributed by atoms with Gasteiger partial charge in [0, 0.05) is 32.1 Å². The molecule has 0 aromatic heterocycles. The monoisotopic (exact) mass is 252 g/mol. The van der Waals surface area contributed by atoms with Crippen molar-refractivity contribution in [2.24, 2.45) is 5.92 Å². The first-order chi connectivity index (χ1) is 8.66. The largest absolute Gasteiger partial charge is 0.343 e. The van der Waals surface area contributed by atoms with E-state index in [0.29, 0.717) is 12.1 Å². The summed E-state index contributed by atoms with van der Waals surface area (Å²) in [6, 6.07) is 1.34. The van der Waals surface area contributed by atoms with Crippen LogP contribution in [0.25, 0.3) is 0 Å². The van der Waals surface area contributed by atoms with E-state index in [4.69, 9.17) is 0 Å². The van der Waals surface area contributed by atoms with Gasteiger partial charge < -0.3 is 10.2 Å². The molecule has 1 N–H and O–H groups in total. The Morgan fingerprint density at radius 3 is 2.39 bits per heavy atom. The summed E-state index contributed by atoms with van der Waals surface area (Å²) in [5.74, 6) is 1.05. The molecular weight excluding hydrogens is 224 g/mol. The quantitative estimate of drug-likeness (QED) is 0.766. The Morgan fingerprint density at radius 1 is 1.06 bits per heavy atom. The number of nitrogens with one attached hydrogen (secondary N) is 1. The number of nitrogens with zero attached hydrogens (tertiary/aromatic N) is 1. The highest BCUT2D eigenvalue weighted by atomic mass is 16.2. The maximum atomic E-state index is 11.3. The fourth-order valence-corrected chi connectivity index (χ4v) is 3.40. The lowest BCUT2D eigenvalue weighted by Crippen LogP contribution is -2.48. The van der Waals surface area contributed by atoms with Gasteiger partial charge in [0.2, 0.25) is 5.91 Å². The van der Waals surface area contributed by atoms with Crippen molar-refractivity contribution in [2.45, 2.75) is 70.9 Å². The summed E-state index contributed by atoms with van der Waals surface area (Å²) in [5, 5.41) is 3.87. The van der Waals surface area contributed by atoms with E-state index in [1.165, 1.54) is 32.1 Å². The smallest absolute Gasteiger partial charge is 0.219 e. The van der Waals surface area contributed by atoms with Gasteiger partial charge in [-0.25, -0.2) is 0 Å². The molecule has 3 nitrogen and oxygen atoms in total. The van der Waals surface area contributed by atoms with Gasteiger partial charge in [-0.15, -0.1) is 0 Å². The van der Waals surface area contributed by atoms with Crippen LogP contribution in [0.5, 0.6) is 0 Å². The van der Waals surface area contributed by atoms with Crippen LogP contribution in [0.4, 0.5) is 0 Å². The standard InChI is InChI=1S/C15H28N2O/c1-12-6-4-3-5-7-15(12)16-14-8-10-17(11-9-14)13(2)18/h12,14-16H,3-11H2,1-2H3. The summed E-state index contributed by atoms with van der Waals surface area (Å²) in [7, 11) is 0. The molecule has 0 bridgehead atoms. The molecule has 0 radical (unpaired) electrons. The van der Waals surface area contributed by atoms with Crippen LogP contribution >= 0.6 is 0 Å². The van der Waals surface area contributed by atoms with Gasteiger partial charge in [0.05, 0.1) is 0 Å². The molecular formula is C15H28N2O. The minimum atomic E-state index is 0.233. The zero-order valence-electron chi connectivity index (χ0n) is 12.0. The van der Waals surface area contributed by atoms with Crippen molar-refractivity contribution in [3.63, 3.8) is 0 Å². The van der Waals surface area contributed by atoms with E-state index < -0.39 is 0 Å². The molecule has 1 heterocycles. The van der Waals surface area contributed by atoms with Gasteiger partial charge >= 0.3 is 0 Å². The number of likely N-dealkylation sites (tertiary alicyclic amines) is 1. The van der Waals surface area contributed by atoms with Crippen molar-refractivity contribution in [2.75, 3.05) is 13.1 Å². The molecule has 2 unspecified atom stereocenters. The van der Waals surface area contributed by atoms with Crippen LogP contribution in [-0.2, 0) is 4.79 Å². The SMILES string of the molecule is CC(=O)N1CCC(NC2CCCCCC2C)CC1. The number of piperidine rings is 1. The first-order valence-electron chi connectivity index (χ1n) is 7.68. The summed E-state index contributed by atoms with van der Waals surface area (Å²) in [5.41, 5.74) is 0. The third kappa shape index (κ3) is 3.71. The molecule has 1 aliphatic carbocycles. The number of amides is 1.